The molecule has 0 saturated carbocycles. The summed E-state index contributed by atoms with van der Waals surface area (Å²) in [6, 6.07) is 14.9. The summed E-state index contributed by atoms with van der Waals surface area (Å²) < 4.78 is 5.85. The quantitative estimate of drug-likeness (QED) is 0.455. The molecule has 0 spiro atoms. The monoisotopic (exact) mass is 442 g/mol. The van der Waals surface area contributed by atoms with Crippen LogP contribution in [0.1, 0.15) is 16.9 Å². The molecular weight excluding hydrogens is 427 g/mol. The summed E-state index contributed by atoms with van der Waals surface area (Å²) in [6.45, 7) is 4.09. The second kappa shape index (κ2) is 8.11. The summed E-state index contributed by atoms with van der Waals surface area (Å²) in [7, 11) is 0. The van der Waals surface area contributed by atoms with Gasteiger partial charge in [-0.2, -0.15) is 0 Å². The van der Waals surface area contributed by atoms with E-state index in [0.717, 1.165) is 16.8 Å². The zero-order valence-corrected chi connectivity index (χ0v) is 18.0. The summed E-state index contributed by atoms with van der Waals surface area (Å²) in [5.74, 6) is 1.00. The average Bonchev–Trinajstić information content (AvgIpc) is 3.28. The van der Waals surface area contributed by atoms with E-state index in [0.29, 0.717) is 31.6 Å². The van der Waals surface area contributed by atoms with Crippen LogP contribution < -0.4 is 5.32 Å². The van der Waals surface area contributed by atoms with Crippen molar-refractivity contribution < 1.29 is 9.21 Å². The zero-order valence-electron chi connectivity index (χ0n) is 15.6. The Morgan fingerprint density at radius 3 is 2.59 bits per heavy atom. The van der Waals surface area contributed by atoms with E-state index >= 15 is 0 Å². The number of aliphatic imine (C=N–C) groups is 1. The normalized spacial score (nSPS) is 16.6. The van der Waals surface area contributed by atoms with Crippen molar-refractivity contribution >= 4 is 57.8 Å². The molecular formula is C22H16Cl2N2O2S. The molecule has 2 heterocycles. The second-order valence-corrected chi connectivity index (χ2v) is 8.43. The SMILES string of the molecule is Cc1ccc(N=C2NC(=O)/C(=C\c3ccc(-c4ccc(Cl)c(Cl)c4)o3)S2)cc1C. The van der Waals surface area contributed by atoms with Gasteiger partial charge < -0.3 is 9.73 Å². The minimum atomic E-state index is -0.204. The Morgan fingerprint density at radius 1 is 1.00 bits per heavy atom. The van der Waals surface area contributed by atoms with E-state index in [1.165, 1.54) is 17.3 Å². The van der Waals surface area contributed by atoms with Gasteiger partial charge in [0.25, 0.3) is 5.91 Å². The molecule has 4 rings (SSSR count). The van der Waals surface area contributed by atoms with Crippen LogP contribution in [0.2, 0.25) is 10.0 Å². The number of nitrogens with one attached hydrogen (secondary N) is 1. The highest BCUT2D eigenvalue weighted by molar-refractivity contribution is 8.18. The molecule has 1 aromatic heterocycles. The number of carbonyl (C=O) groups excluding carboxylic acids is 1. The molecule has 1 saturated heterocycles. The molecule has 29 heavy (non-hydrogen) atoms. The van der Waals surface area contributed by atoms with Gasteiger partial charge in [0.1, 0.15) is 11.5 Å². The molecule has 0 atom stereocenters. The fraction of sp³-hybridized carbons (Fsp3) is 0.0909. The van der Waals surface area contributed by atoms with E-state index in [2.05, 4.69) is 17.2 Å². The Hall–Kier alpha value is -2.47. The fourth-order valence-electron chi connectivity index (χ4n) is 2.76. The van der Waals surface area contributed by atoms with Crippen molar-refractivity contribution in [2.45, 2.75) is 13.8 Å². The minimum absolute atomic E-state index is 0.204. The number of benzene rings is 2. The van der Waals surface area contributed by atoms with E-state index in [9.17, 15) is 4.79 Å². The van der Waals surface area contributed by atoms with Crippen LogP contribution in [0.3, 0.4) is 0 Å². The van der Waals surface area contributed by atoms with E-state index in [1.807, 2.05) is 37.3 Å². The maximum atomic E-state index is 12.3. The van der Waals surface area contributed by atoms with Gasteiger partial charge in [-0.3, -0.25) is 4.79 Å². The average molecular weight is 443 g/mol. The molecule has 1 aliphatic rings. The Kier molecular flexibility index (Phi) is 5.54. The number of carbonyl (C=O) groups is 1. The number of rotatable bonds is 3. The van der Waals surface area contributed by atoms with Crippen LogP contribution in [0.4, 0.5) is 5.69 Å². The molecule has 3 aromatic rings. The third-order valence-electron chi connectivity index (χ3n) is 4.48. The lowest BCUT2D eigenvalue weighted by Gasteiger charge is -2.01. The minimum Gasteiger partial charge on any atom is -0.457 e. The first kappa shape index (κ1) is 19.8. The molecule has 4 nitrogen and oxygen atoms in total. The smallest absolute Gasteiger partial charge is 0.264 e. The van der Waals surface area contributed by atoms with E-state index in [4.69, 9.17) is 27.6 Å². The third kappa shape index (κ3) is 4.42. The number of thioether (sulfide) groups is 1. The number of amides is 1. The van der Waals surface area contributed by atoms with Crippen molar-refractivity contribution in [2.24, 2.45) is 4.99 Å². The number of aryl methyl sites for hydroxylation is 2. The van der Waals surface area contributed by atoms with Crippen LogP contribution in [0.25, 0.3) is 17.4 Å². The van der Waals surface area contributed by atoms with Crippen LogP contribution in [0.15, 0.2) is 62.8 Å². The largest absolute Gasteiger partial charge is 0.457 e. The first-order valence-electron chi connectivity index (χ1n) is 8.81. The number of nitrogens with zero attached hydrogens (tertiary/aromatic N) is 1. The van der Waals surface area contributed by atoms with Crippen molar-refractivity contribution in [3.05, 3.63) is 80.4 Å². The standard InChI is InChI=1S/C22H16Cl2N2O2S/c1-12-3-5-15(9-13(12)2)25-22-26-21(27)20(29-22)11-16-6-8-19(28-16)14-4-7-17(23)18(24)10-14/h3-11H,1-2H3,(H,25,26,27)/b20-11+. The van der Waals surface area contributed by atoms with Gasteiger partial charge in [-0.1, -0.05) is 29.3 Å². The topological polar surface area (TPSA) is 54.6 Å². The van der Waals surface area contributed by atoms with Gasteiger partial charge >= 0.3 is 0 Å². The van der Waals surface area contributed by atoms with Crippen LogP contribution >= 0.6 is 35.0 Å². The van der Waals surface area contributed by atoms with Crippen LogP contribution in [0, 0.1) is 13.8 Å². The van der Waals surface area contributed by atoms with Gasteiger partial charge in [-0.15, -0.1) is 0 Å². The van der Waals surface area contributed by atoms with Crippen molar-refractivity contribution in [1.82, 2.24) is 5.32 Å². The van der Waals surface area contributed by atoms with Gasteiger partial charge in [0, 0.05) is 11.6 Å². The molecule has 0 unspecified atom stereocenters. The predicted molar refractivity (Wildman–Crippen MR) is 121 cm³/mol. The van der Waals surface area contributed by atoms with Gasteiger partial charge in [0.05, 0.1) is 20.6 Å². The summed E-state index contributed by atoms with van der Waals surface area (Å²) in [5.41, 5.74) is 3.97. The zero-order chi connectivity index (χ0) is 20.5. The van der Waals surface area contributed by atoms with Gasteiger partial charge in [-0.25, -0.2) is 4.99 Å². The highest BCUT2D eigenvalue weighted by Crippen LogP contribution is 2.32. The molecule has 1 fully saturated rings. The summed E-state index contributed by atoms with van der Waals surface area (Å²) >= 11 is 13.3. The first-order chi connectivity index (χ1) is 13.9. The van der Waals surface area contributed by atoms with Crippen molar-refractivity contribution in [2.75, 3.05) is 0 Å². The molecule has 7 heteroatoms. The second-order valence-electron chi connectivity index (χ2n) is 6.58. The lowest BCUT2D eigenvalue weighted by Crippen LogP contribution is -2.19. The Balaban J connectivity index is 1.55. The molecule has 146 valence electrons. The van der Waals surface area contributed by atoms with E-state index in [1.54, 1.807) is 24.3 Å². The predicted octanol–water partition coefficient (Wildman–Crippen LogP) is 6.76. The summed E-state index contributed by atoms with van der Waals surface area (Å²) in [6.07, 6.45) is 1.70. The number of amidine groups is 1. The van der Waals surface area contributed by atoms with Crippen LogP contribution in [-0.2, 0) is 4.79 Å². The highest BCUT2D eigenvalue weighted by atomic mass is 35.5. The summed E-state index contributed by atoms with van der Waals surface area (Å²) in [5, 5.41) is 4.28. The molecule has 1 N–H and O–H groups in total. The lowest BCUT2D eigenvalue weighted by molar-refractivity contribution is -0.115. The maximum absolute atomic E-state index is 12.3. The lowest BCUT2D eigenvalue weighted by atomic mass is 10.1. The van der Waals surface area contributed by atoms with Crippen molar-refractivity contribution in [3.63, 3.8) is 0 Å². The molecule has 2 aromatic carbocycles. The van der Waals surface area contributed by atoms with Gasteiger partial charge in [0.15, 0.2) is 5.17 Å². The van der Waals surface area contributed by atoms with Crippen LogP contribution in [-0.4, -0.2) is 11.1 Å². The highest BCUT2D eigenvalue weighted by Gasteiger charge is 2.24. The van der Waals surface area contributed by atoms with E-state index < -0.39 is 0 Å². The molecule has 0 radical (unpaired) electrons. The molecule has 0 bridgehead atoms. The fourth-order valence-corrected chi connectivity index (χ4v) is 3.88. The van der Waals surface area contributed by atoms with Crippen molar-refractivity contribution in [1.29, 1.82) is 0 Å². The summed E-state index contributed by atoms with van der Waals surface area (Å²) in [4.78, 5) is 17.3. The number of hydrogen-bond donors (Lipinski definition) is 1. The van der Waals surface area contributed by atoms with Crippen LogP contribution in [0.5, 0.6) is 0 Å². The maximum Gasteiger partial charge on any atom is 0.264 e. The Morgan fingerprint density at radius 2 is 1.83 bits per heavy atom. The van der Waals surface area contributed by atoms with Gasteiger partial charge in [0.2, 0.25) is 0 Å². The number of halogens is 2. The number of furan rings is 1. The Labute approximate surface area is 182 Å². The van der Waals surface area contributed by atoms with Crippen molar-refractivity contribution in [3.8, 4) is 11.3 Å². The first-order valence-corrected chi connectivity index (χ1v) is 10.4. The number of hydrogen-bond acceptors (Lipinski definition) is 4. The molecule has 1 aliphatic heterocycles. The third-order valence-corrected chi connectivity index (χ3v) is 6.13. The molecule has 1 amide bonds. The Bertz CT molecular complexity index is 1180. The van der Waals surface area contributed by atoms with E-state index in [-0.39, 0.29) is 5.91 Å². The van der Waals surface area contributed by atoms with Gasteiger partial charge in [-0.05, 0) is 79.2 Å². The molecule has 0 aliphatic carbocycles.